The summed E-state index contributed by atoms with van der Waals surface area (Å²) < 4.78 is 39.1. The predicted molar refractivity (Wildman–Crippen MR) is 76.3 cm³/mol. The van der Waals surface area contributed by atoms with E-state index in [1.807, 2.05) is 13.8 Å². The third-order valence-corrected chi connectivity index (χ3v) is 3.97. The predicted octanol–water partition coefficient (Wildman–Crippen LogP) is 3.05. The number of alkyl halides is 3. The highest BCUT2D eigenvalue weighted by Gasteiger charge is 2.38. The van der Waals surface area contributed by atoms with E-state index < -0.39 is 30.2 Å². The lowest BCUT2D eigenvalue weighted by Gasteiger charge is -2.37. The first-order valence-corrected chi connectivity index (χ1v) is 7.37. The van der Waals surface area contributed by atoms with Crippen LogP contribution in [0.1, 0.15) is 37.9 Å². The molecule has 0 aliphatic carbocycles. The van der Waals surface area contributed by atoms with Crippen molar-refractivity contribution in [2.45, 2.75) is 45.5 Å². The third kappa shape index (κ3) is 3.62. The molecule has 8 heteroatoms. The van der Waals surface area contributed by atoms with Gasteiger partial charge in [-0.1, -0.05) is 6.92 Å². The molecular formula is C15H18F3N3O2. The van der Waals surface area contributed by atoms with Gasteiger partial charge in [-0.2, -0.15) is 13.2 Å². The number of halogens is 3. The van der Waals surface area contributed by atoms with E-state index in [2.05, 4.69) is 4.98 Å². The first-order chi connectivity index (χ1) is 10.8. The summed E-state index contributed by atoms with van der Waals surface area (Å²) in [5.74, 6) is -0.478. The van der Waals surface area contributed by atoms with Crippen LogP contribution in [-0.4, -0.2) is 39.3 Å². The van der Waals surface area contributed by atoms with Gasteiger partial charge < -0.3 is 4.90 Å². The number of nitrogens with zero attached hydrogens (tertiary/aromatic N) is 3. The zero-order valence-corrected chi connectivity index (χ0v) is 12.9. The van der Waals surface area contributed by atoms with Crippen LogP contribution in [-0.2, 0) is 17.5 Å². The Labute approximate surface area is 132 Å². The summed E-state index contributed by atoms with van der Waals surface area (Å²) in [6, 6.07) is 1.43. The number of hydrogen-bond donors (Lipinski definition) is 0. The van der Waals surface area contributed by atoms with Crippen molar-refractivity contribution in [2.24, 2.45) is 0 Å². The van der Waals surface area contributed by atoms with Crippen LogP contribution in [0.4, 0.5) is 18.0 Å². The van der Waals surface area contributed by atoms with Gasteiger partial charge >= 0.3 is 12.2 Å². The number of pyridine rings is 1. The minimum Gasteiger partial charge on any atom is -0.321 e. The van der Waals surface area contributed by atoms with Gasteiger partial charge in [-0.05, 0) is 25.5 Å². The standard InChI is InChI=1S/C15H18F3N3O2/c1-3-10(2)20-8-6-13(22)21(14(20)23)9-12-11(15(16,17)18)5-4-7-19-12/h4-5,7,10H,3,6,8-9H2,1-2H3. The van der Waals surface area contributed by atoms with E-state index in [1.165, 1.54) is 17.2 Å². The van der Waals surface area contributed by atoms with Gasteiger partial charge in [-0.25, -0.2) is 4.79 Å². The quantitative estimate of drug-likeness (QED) is 0.853. The summed E-state index contributed by atoms with van der Waals surface area (Å²) in [5.41, 5.74) is -1.26. The number of rotatable bonds is 4. The highest BCUT2D eigenvalue weighted by atomic mass is 19.4. The Morgan fingerprint density at radius 1 is 1.35 bits per heavy atom. The van der Waals surface area contributed by atoms with Crippen LogP contribution in [0.5, 0.6) is 0 Å². The van der Waals surface area contributed by atoms with E-state index in [-0.39, 0.29) is 24.7 Å². The smallest absolute Gasteiger partial charge is 0.321 e. The van der Waals surface area contributed by atoms with Crippen LogP contribution in [0.15, 0.2) is 18.3 Å². The summed E-state index contributed by atoms with van der Waals surface area (Å²) >= 11 is 0. The highest BCUT2D eigenvalue weighted by Crippen LogP contribution is 2.32. The highest BCUT2D eigenvalue weighted by molar-refractivity contribution is 5.96. The molecule has 3 amide bonds. The monoisotopic (exact) mass is 329 g/mol. The lowest BCUT2D eigenvalue weighted by atomic mass is 10.1. The Morgan fingerprint density at radius 2 is 2.04 bits per heavy atom. The molecule has 1 aliphatic rings. The van der Waals surface area contributed by atoms with Crippen molar-refractivity contribution in [3.8, 4) is 0 Å². The topological polar surface area (TPSA) is 53.5 Å². The summed E-state index contributed by atoms with van der Waals surface area (Å²) in [6.45, 7) is 3.56. The number of hydrogen-bond acceptors (Lipinski definition) is 3. The minimum absolute atomic E-state index is 0.0797. The SMILES string of the molecule is CCC(C)N1CCC(=O)N(Cc2ncccc2C(F)(F)F)C1=O. The van der Waals surface area contributed by atoms with E-state index in [0.29, 0.717) is 6.42 Å². The molecule has 1 unspecified atom stereocenters. The first kappa shape index (κ1) is 17.2. The fourth-order valence-corrected chi connectivity index (χ4v) is 2.47. The molecule has 1 fully saturated rings. The zero-order chi connectivity index (χ0) is 17.2. The molecule has 1 aromatic rings. The fraction of sp³-hybridized carbons (Fsp3) is 0.533. The van der Waals surface area contributed by atoms with Crippen LogP contribution in [0.2, 0.25) is 0 Å². The molecule has 2 heterocycles. The van der Waals surface area contributed by atoms with E-state index in [4.69, 9.17) is 0 Å². The number of imide groups is 1. The molecule has 1 aliphatic heterocycles. The van der Waals surface area contributed by atoms with Gasteiger partial charge in [0.15, 0.2) is 0 Å². The number of carbonyl (C=O) groups is 2. The second-order valence-corrected chi connectivity index (χ2v) is 5.46. The second-order valence-electron chi connectivity index (χ2n) is 5.46. The van der Waals surface area contributed by atoms with Crippen molar-refractivity contribution in [2.75, 3.05) is 6.54 Å². The molecule has 23 heavy (non-hydrogen) atoms. The van der Waals surface area contributed by atoms with Gasteiger partial charge in [0.1, 0.15) is 0 Å². The molecule has 0 bridgehead atoms. The van der Waals surface area contributed by atoms with Crippen molar-refractivity contribution in [1.82, 2.24) is 14.8 Å². The first-order valence-electron chi connectivity index (χ1n) is 7.37. The lowest BCUT2D eigenvalue weighted by molar-refractivity contribution is -0.140. The molecular weight excluding hydrogens is 311 g/mol. The van der Waals surface area contributed by atoms with Crippen molar-refractivity contribution in [3.05, 3.63) is 29.6 Å². The van der Waals surface area contributed by atoms with Crippen molar-refractivity contribution >= 4 is 11.9 Å². The van der Waals surface area contributed by atoms with E-state index >= 15 is 0 Å². The number of amides is 3. The normalized spacial score (nSPS) is 17.6. The van der Waals surface area contributed by atoms with E-state index in [9.17, 15) is 22.8 Å². The maximum Gasteiger partial charge on any atom is 0.418 e. The van der Waals surface area contributed by atoms with Crippen LogP contribution in [0.3, 0.4) is 0 Å². The summed E-state index contributed by atoms with van der Waals surface area (Å²) in [5, 5.41) is 0. The average molecular weight is 329 g/mol. The van der Waals surface area contributed by atoms with Gasteiger partial charge in [0.25, 0.3) is 0 Å². The minimum atomic E-state index is -4.58. The van der Waals surface area contributed by atoms with Crippen LogP contribution >= 0.6 is 0 Å². The molecule has 0 spiro atoms. The molecule has 1 atom stereocenters. The number of aromatic nitrogens is 1. The van der Waals surface area contributed by atoms with Gasteiger partial charge in [-0.3, -0.25) is 14.7 Å². The van der Waals surface area contributed by atoms with Gasteiger partial charge in [-0.15, -0.1) is 0 Å². The van der Waals surface area contributed by atoms with Crippen LogP contribution in [0, 0.1) is 0 Å². The van der Waals surface area contributed by atoms with Crippen molar-refractivity contribution in [3.63, 3.8) is 0 Å². The van der Waals surface area contributed by atoms with Gasteiger partial charge in [0.2, 0.25) is 5.91 Å². The molecule has 1 aromatic heterocycles. The Morgan fingerprint density at radius 3 is 2.65 bits per heavy atom. The van der Waals surface area contributed by atoms with Crippen LogP contribution < -0.4 is 0 Å². The fourth-order valence-electron chi connectivity index (χ4n) is 2.47. The van der Waals surface area contributed by atoms with Crippen molar-refractivity contribution in [1.29, 1.82) is 0 Å². The Kier molecular flexibility index (Phi) is 4.91. The molecule has 0 N–H and O–H groups in total. The molecule has 126 valence electrons. The Bertz CT molecular complexity index is 604. The number of carbonyl (C=O) groups excluding carboxylic acids is 2. The van der Waals surface area contributed by atoms with Gasteiger partial charge in [0, 0.05) is 25.2 Å². The van der Waals surface area contributed by atoms with Crippen molar-refractivity contribution < 1.29 is 22.8 Å². The lowest BCUT2D eigenvalue weighted by Crippen LogP contribution is -2.54. The van der Waals surface area contributed by atoms with E-state index in [0.717, 1.165) is 11.0 Å². The van der Waals surface area contributed by atoms with Crippen LogP contribution in [0.25, 0.3) is 0 Å². The zero-order valence-electron chi connectivity index (χ0n) is 12.9. The Balaban J connectivity index is 2.28. The molecule has 0 saturated carbocycles. The molecule has 1 saturated heterocycles. The maximum atomic E-state index is 13.0. The van der Waals surface area contributed by atoms with E-state index in [1.54, 1.807) is 0 Å². The summed E-state index contributed by atoms with van der Waals surface area (Å²) in [4.78, 5) is 30.5. The molecule has 0 aromatic carbocycles. The third-order valence-electron chi connectivity index (χ3n) is 3.97. The molecule has 2 rings (SSSR count). The summed E-state index contributed by atoms with van der Waals surface area (Å²) in [7, 11) is 0. The van der Waals surface area contributed by atoms with Gasteiger partial charge in [0.05, 0.1) is 17.8 Å². The largest absolute Gasteiger partial charge is 0.418 e. The number of urea groups is 1. The summed E-state index contributed by atoms with van der Waals surface area (Å²) in [6.07, 6.45) is -2.56. The average Bonchev–Trinajstić information content (AvgIpc) is 2.50. The second kappa shape index (κ2) is 6.55. The molecule has 0 radical (unpaired) electrons. The molecule has 5 nitrogen and oxygen atoms in total. The maximum absolute atomic E-state index is 13.0. The Hall–Kier alpha value is -2.12.